The summed E-state index contributed by atoms with van der Waals surface area (Å²) >= 11 is 0. The highest BCUT2D eigenvalue weighted by atomic mass is 16.6. The maximum atomic E-state index is 11.7. The normalized spacial score (nSPS) is 11.1. The van der Waals surface area contributed by atoms with E-state index in [9.17, 15) is 15.2 Å². The quantitative estimate of drug-likeness (QED) is 0.334. The molecule has 0 aliphatic heterocycles. The molecule has 0 saturated heterocycles. The average Bonchev–Trinajstić information content (AvgIpc) is 2.96. The summed E-state index contributed by atoms with van der Waals surface area (Å²) in [4.78, 5) is 11.3. The van der Waals surface area contributed by atoms with Gasteiger partial charge < -0.3 is 25.5 Å². The number of phenolic OH excluding ortho intramolecular Hbond substituents is 1. The standard InChI is InChI=1S/C19H22N4O4/c1-12-18(23(25)26)15-7-8-17(24)16(11-21-10-9-20)19(15)22(12)13-3-5-14(27-2)6-4-13/h3-8,21,24H,9-11,20H2,1-2H3. The van der Waals surface area contributed by atoms with E-state index in [1.165, 1.54) is 6.07 Å². The van der Waals surface area contributed by atoms with Crippen LogP contribution < -0.4 is 15.8 Å². The van der Waals surface area contributed by atoms with Gasteiger partial charge in [0.2, 0.25) is 0 Å². The number of rotatable bonds is 7. The van der Waals surface area contributed by atoms with Crippen molar-refractivity contribution in [2.75, 3.05) is 20.2 Å². The van der Waals surface area contributed by atoms with Crippen LogP contribution in [-0.2, 0) is 6.54 Å². The van der Waals surface area contributed by atoms with Crippen molar-refractivity contribution >= 4 is 16.6 Å². The van der Waals surface area contributed by atoms with Crippen molar-refractivity contribution in [3.05, 3.63) is 57.8 Å². The summed E-state index contributed by atoms with van der Waals surface area (Å²) in [5.41, 5.74) is 7.99. The van der Waals surface area contributed by atoms with Crippen LogP contribution in [0.5, 0.6) is 11.5 Å². The van der Waals surface area contributed by atoms with Crippen LogP contribution in [0.25, 0.3) is 16.6 Å². The number of ether oxygens (including phenoxy) is 1. The molecular formula is C19H22N4O4. The predicted octanol–water partition coefficient (Wildman–Crippen LogP) is 2.61. The van der Waals surface area contributed by atoms with Crippen LogP contribution in [0.2, 0.25) is 0 Å². The molecule has 1 aromatic heterocycles. The van der Waals surface area contributed by atoms with Crippen LogP contribution in [0.15, 0.2) is 36.4 Å². The molecule has 4 N–H and O–H groups in total. The maximum Gasteiger partial charge on any atom is 0.298 e. The molecule has 0 fully saturated rings. The summed E-state index contributed by atoms with van der Waals surface area (Å²) < 4.78 is 6.99. The zero-order valence-electron chi connectivity index (χ0n) is 15.2. The van der Waals surface area contributed by atoms with E-state index < -0.39 is 0 Å². The second kappa shape index (κ2) is 7.65. The number of nitrogens with one attached hydrogen (secondary N) is 1. The van der Waals surface area contributed by atoms with Crippen molar-refractivity contribution < 1.29 is 14.8 Å². The third-order valence-electron chi connectivity index (χ3n) is 4.55. The van der Waals surface area contributed by atoms with Gasteiger partial charge in [-0.1, -0.05) is 0 Å². The number of hydrogen-bond acceptors (Lipinski definition) is 6. The first-order valence-corrected chi connectivity index (χ1v) is 8.55. The van der Waals surface area contributed by atoms with E-state index in [2.05, 4.69) is 5.32 Å². The molecule has 0 spiro atoms. The average molecular weight is 370 g/mol. The Morgan fingerprint density at radius 1 is 1.26 bits per heavy atom. The number of hydrogen-bond donors (Lipinski definition) is 3. The van der Waals surface area contributed by atoms with Crippen molar-refractivity contribution in [3.8, 4) is 17.2 Å². The second-order valence-corrected chi connectivity index (χ2v) is 6.15. The number of aromatic hydroxyl groups is 1. The molecule has 0 radical (unpaired) electrons. The van der Waals surface area contributed by atoms with Gasteiger partial charge in [-0.3, -0.25) is 10.1 Å². The van der Waals surface area contributed by atoms with Gasteiger partial charge in [-0.2, -0.15) is 0 Å². The molecule has 3 rings (SSSR count). The smallest absolute Gasteiger partial charge is 0.298 e. The van der Waals surface area contributed by atoms with Crippen molar-refractivity contribution in [1.82, 2.24) is 9.88 Å². The summed E-state index contributed by atoms with van der Waals surface area (Å²) in [6.07, 6.45) is 0. The zero-order chi connectivity index (χ0) is 19.6. The van der Waals surface area contributed by atoms with Crippen molar-refractivity contribution in [3.63, 3.8) is 0 Å². The van der Waals surface area contributed by atoms with Crippen molar-refractivity contribution in [2.24, 2.45) is 5.73 Å². The minimum Gasteiger partial charge on any atom is -0.508 e. The molecule has 0 atom stereocenters. The van der Waals surface area contributed by atoms with E-state index in [0.717, 1.165) is 5.69 Å². The Kier molecular flexibility index (Phi) is 5.29. The third-order valence-corrected chi connectivity index (χ3v) is 4.55. The SMILES string of the molecule is COc1ccc(-n2c(C)c([N+](=O)[O-])c3ccc(O)c(CNCCN)c32)cc1. The maximum absolute atomic E-state index is 11.7. The second-order valence-electron chi connectivity index (χ2n) is 6.15. The molecule has 27 heavy (non-hydrogen) atoms. The van der Waals surface area contributed by atoms with E-state index >= 15 is 0 Å². The third kappa shape index (κ3) is 3.32. The van der Waals surface area contributed by atoms with Crippen LogP contribution in [0.4, 0.5) is 5.69 Å². The Morgan fingerprint density at radius 2 is 1.96 bits per heavy atom. The number of methoxy groups -OCH3 is 1. The van der Waals surface area contributed by atoms with Gasteiger partial charge in [0, 0.05) is 30.9 Å². The summed E-state index contributed by atoms with van der Waals surface area (Å²) in [5, 5.41) is 25.8. The highest BCUT2D eigenvalue weighted by Gasteiger charge is 2.27. The lowest BCUT2D eigenvalue weighted by Crippen LogP contribution is -2.22. The fourth-order valence-corrected chi connectivity index (χ4v) is 3.31. The first-order valence-electron chi connectivity index (χ1n) is 8.55. The van der Waals surface area contributed by atoms with E-state index in [1.54, 1.807) is 36.8 Å². The van der Waals surface area contributed by atoms with E-state index in [4.69, 9.17) is 10.5 Å². The van der Waals surface area contributed by atoms with Crippen LogP contribution >= 0.6 is 0 Å². The number of phenols is 1. The molecule has 3 aromatic rings. The van der Waals surface area contributed by atoms with Gasteiger partial charge in [0.05, 0.1) is 28.6 Å². The van der Waals surface area contributed by atoms with Gasteiger partial charge in [0.1, 0.15) is 11.5 Å². The van der Waals surface area contributed by atoms with Gasteiger partial charge in [-0.15, -0.1) is 0 Å². The molecule has 8 nitrogen and oxygen atoms in total. The number of benzene rings is 2. The first kappa shape index (κ1) is 18.7. The van der Waals surface area contributed by atoms with Crippen LogP contribution in [0.1, 0.15) is 11.3 Å². The molecular weight excluding hydrogens is 348 g/mol. The summed E-state index contributed by atoms with van der Waals surface area (Å²) in [6.45, 7) is 3.07. The Morgan fingerprint density at radius 3 is 2.56 bits per heavy atom. The number of aromatic nitrogens is 1. The molecule has 0 aliphatic rings. The zero-order valence-corrected chi connectivity index (χ0v) is 15.2. The molecule has 142 valence electrons. The van der Waals surface area contributed by atoms with Gasteiger partial charge in [0.25, 0.3) is 5.69 Å². The molecule has 1 heterocycles. The number of nitro groups is 1. The Balaban J connectivity index is 2.30. The minimum atomic E-state index is -0.383. The lowest BCUT2D eigenvalue weighted by atomic mass is 10.1. The lowest BCUT2D eigenvalue weighted by Gasteiger charge is -2.13. The summed E-state index contributed by atoms with van der Waals surface area (Å²) in [5.74, 6) is 0.768. The Bertz CT molecular complexity index is 980. The highest BCUT2D eigenvalue weighted by molar-refractivity contribution is 5.96. The topological polar surface area (TPSA) is 116 Å². The highest BCUT2D eigenvalue weighted by Crippen LogP contribution is 2.39. The molecule has 2 aromatic carbocycles. The molecule has 0 saturated carbocycles. The Hall–Kier alpha value is -3.10. The van der Waals surface area contributed by atoms with Crippen molar-refractivity contribution in [1.29, 1.82) is 0 Å². The van der Waals surface area contributed by atoms with Gasteiger partial charge in [-0.05, 0) is 43.3 Å². The molecule has 0 aliphatic carbocycles. The van der Waals surface area contributed by atoms with Crippen LogP contribution in [0.3, 0.4) is 0 Å². The molecule has 0 unspecified atom stereocenters. The predicted molar refractivity (Wildman–Crippen MR) is 104 cm³/mol. The molecule has 0 amide bonds. The van der Waals surface area contributed by atoms with E-state index in [1.807, 2.05) is 12.1 Å². The minimum absolute atomic E-state index is 0.0286. The monoisotopic (exact) mass is 370 g/mol. The van der Waals surface area contributed by atoms with Gasteiger partial charge in [-0.25, -0.2) is 0 Å². The first-order chi connectivity index (χ1) is 13.0. The Labute approximate surface area is 156 Å². The van der Waals surface area contributed by atoms with Crippen molar-refractivity contribution in [2.45, 2.75) is 13.5 Å². The number of nitrogens with zero attached hydrogens (tertiary/aromatic N) is 2. The number of fused-ring (bicyclic) bond motifs is 1. The van der Waals surface area contributed by atoms with E-state index in [-0.39, 0.29) is 16.4 Å². The van der Waals surface area contributed by atoms with Gasteiger partial charge >= 0.3 is 0 Å². The van der Waals surface area contributed by atoms with Crippen LogP contribution in [0, 0.1) is 17.0 Å². The fraction of sp³-hybridized carbons (Fsp3) is 0.263. The largest absolute Gasteiger partial charge is 0.508 e. The van der Waals surface area contributed by atoms with E-state index in [0.29, 0.717) is 47.5 Å². The molecule has 0 bridgehead atoms. The number of nitrogens with two attached hydrogens (primary N) is 1. The fourth-order valence-electron chi connectivity index (χ4n) is 3.31. The van der Waals surface area contributed by atoms with Gasteiger partial charge in [0.15, 0.2) is 0 Å². The summed E-state index contributed by atoms with van der Waals surface area (Å²) in [6, 6.07) is 10.3. The molecule has 8 heteroatoms. The summed E-state index contributed by atoms with van der Waals surface area (Å²) in [7, 11) is 1.58. The lowest BCUT2D eigenvalue weighted by molar-refractivity contribution is -0.383. The van der Waals surface area contributed by atoms with Crippen LogP contribution in [-0.4, -0.2) is 34.8 Å².